The Morgan fingerprint density at radius 1 is 0.700 bits per heavy atom. The maximum absolute atomic E-state index is 6.37. The summed E-state index contributed by atoms with van der Waals surface area (Å²) in [4.78, 5) is 0. The van der Waals surface area contributed by atoms with Gasteiger partial charge in [-0.1, -0.05) is 72.8 Å². The lowest BCUT2D eigenvalue weighted by molar-refractivity contribution is 0.0447. The third-order valence-electron chi connectivity index (χ3n) is 6.48. The average molecular weight is 417 g/mol. The van der Waals surface area contributed by atoms with Crippen LogP contribution in [-0.4, -0.2) is 18.9 Å². The number of rotatable bonds is 7. The molecule has 0 saturated carbocycles. The minimum Gasteiger partial charge on any atom is -0.373 e. The van der Waals surface area contributed by atoms with Crippen LogP contribution in [0.3, 0.4) is 0 Å². The summed E-state index contributed by atoms with van der Waals surface area (Å²) in [6.07, 6.45) is 3.71. The van der Waals surface area contributed by atoms with Gasteiger partial charge in [0.05, 0.1) is 25.4 Å². The molecule has 3 aromatic carbocycles. The number of benzene rings is 3. The third kappa shape index (κ3) is 4.23. The van der Waals surface area contributed by atoms with Crippen molar-refractivity contribution in [2.45, 2.75) is 50.3 Å². The molecule has 0 aliphatic heterocycles. The molecule has 3 aromatic rings. The van der Waals surface area contributed by atoms with Crippen molar-refractivity contribution < 1.29 is 9.47 Å². The number of ether oxygens (including phenoxy) is 2. The fraction of sp³-hybridized carbons (Fsp3) is 0.333. The Labute approximate surface area is 181 Å². The average Bonchev–Trinajstić information content (AvgIpc) is 3.37. The van der Waals surface area contributed by atoms with Crippen molar-refractivity contribution in [1.82, 2.24) is 0 Å². The first-order valence-corrected chi connectivity index (χ1v) is 12.5. The van der Waals surface area contributed by atoms with Gasteiger partial charge in [0.25, 0.3) is 0 Å². The molecular weight excluding hydrogens is 387 g/mol. The standard InChI is InChI=1S/C27H29O2P/c1-30-27-25-9-5-4-8-23(25)16-26(27)29-18-20-12-10-19(11-13-20)17-28-24-14-21-6-2-3-7-22(21)15-24/h2-13,24,26-27,30H,14-18H2,1H3. The van der Waals surface area contributed by atoms with Crippen LogP contribution in [0.5, 0.6) is 0 Å². The van der Waals surface area contributed by atoms with E-state index in [1.165, 1.54) is 33.4 Å². The van der Waals surface area contributed by atoms with E-state index >= 15 is 0 Å². The Morgan fingerprint density at radius 2 is 1.27 bits per heavy atom. The second-order valence-electron chi connectivity index (χ2n) is 8.45. The molecule has 2 nitrogen and oxygen atoms in total. The SMILES string of the molecule is CPC1c2ccccc2CC1OCc1ccc(COC2Cc3ccccc3C2)cc1. The summed E-state index contributed by atoms with van der Waals surface area (Å²) in [5.74, 6) is 0. The second kappa shape index (κ2) is 9.02. The van der Waals surface area contributed by atoms with Crippen molar-refractivity contribution >= 4 is 8.58 Å². The molecule has 2 aliphatic rings. The Balaban J connectivity index is 1.12. The van der Waals surface area contributed by atoms with Gasteiger partial charge in [-0.05, 0) is 59.3 Å². The molecule has 2 aliphatic carbocycles. The van der Waals surface area contributed by atoms with E-state index in [-0.39, 0.29) is 0 Å². The Bertz CT molecular complexity index is 973. The lowest BCUT2D eigenvalue weighted by Gasteiger charge is -2.20. The van der Waals surface area contributed by atoms with E-state index in [0.717, 1.165) is 27.8 Å². The van der Waals surface area contributed by atoms with Crippen LogP contribution in [0, 0.1) is 0 Å². The lowest BCUT2D eigenvalue weighted by Crippen LogP contribution is -2.15. The summed E-state index contributed by atoms with van der Waals surface area (Å²) < 4.78 is 12.6. The largest absolute Gasteiger partial charge is 0.373 e. The summed E-state index contributed by atoms with van der Waals surface area (Å²) in [5.41, 5.74) is 8.85. The number of fused-ring (bicyclic) bond motifs is 2. The lowest BCUT2D eigenvalue weighted by atomic mass is 10.1. The molecule has 30 heavy (non-hydrogen) atoms. The molecule has 0 amide bonds. The van der Waals surface area contributed by atoms with Crippen LogP contribution in [0.2, 0.25) is 0 Å². The van der Waals surface area contributed by atoms with Crippen LogP contribution in [0.25, 0.3) is 0 Å². The van der Waals surface area contributed by atoms with Gasteiger partial charge in [0.2, 0.25) is 0 Å². The molecule has 0 heterocycles. The summed E-state index contributed by atoms with van der Waals surface area (Å²) in [5, 5.41) is 0. The highest BCUT2D eigenvalue weighted by atomic mass is 31.1. The molecule has 0 fully saturated rings. The van der Waals surface area contributed by atoms with E-state index in [2.05, 4.69) is 79.5 Å². The number of hydrogen-bond acceptors (Lipinski definition) is 2. The van der Waals surface area contributed by atoms with Gasteiger partial charge >= 0.3 is 0 Å². The van der Waals surface area contributed by atoms with Gasteiger partial charge < -0.3 is 9.47 Å². The fourth-order valence-electron chi connectivity index (χ4n) is 4.84. The monoisotopic (exact) mass is 416 g/mol. The first-order valence-electron chi connectivity index (χ1n) is 10.9. The quantitative estimate of drug-likeness (QED) is 0.449. The Morgan fingerprint density at radius 3 is 1.90 bits per heavy atom. The minimum atomic E-state index is 0.303. The van der Waals surface area contributed by atoms with Gasteiger partial charge in [-0.25, -0.2) is 0 Å². The molecule has 3 atom stereocenters. The zero-order valence-electron chi connectivity index (χ0n) is 17.5. The summed E-state index contributed by atoms with van der Waals surface area (Å²) in [7, 11) is 0.873. The number of hydrogen-bond donors (Lipinski definition) is 0. The minimum absolute atomic E-state index is 0.303. The fourth-order valence-corrected chi connectivity index (χ4v) is 6.02. The maximum atomic E-state index is 6.37. The summed E-state index contributed by atoms with van der Waals surface area (Å²) in [6, 6.07) is 26.3. The summed E-state index contributed by atoms with van der Waals surface area (Å²) in [6.45, 7) is 3.65. The maximum Gasteiger partial charge on any atom is 0.0725 e. The van der Waals surface area contributed by atoms with Crippen LogP contribution in [0.15, 0.2) is 72.8 Å². The topological polar surface area (TPSA) is 18.5 Å². The van der Waals surface area contributed by atoms with Crippen LogP contribution in [0.4, 0.5) is 0 Å². The van der Waals surface area contributed by atoms with E-state index < -0.39 is 0 Å². The second-order valence-corrected chi connectivity index (χ2v) is 9.64. The highest BCUT2D eigenvalue weighted by Gasteiger charge is 2.31. The van der Waals surface area contributed by atoms with Crippen molar-refractivity contribution in [2.75, 3.05) is 6.66 Å². The predicted molar refractivity (Wildman–Crippen MR) is 125 cm³/mol. The molecule has 0 aromatic heterocycles. The van der Waals surface area contributed by atoms with E-state index in [1.54, 1.807) is 0 Å². The molecule has 0 bridgehead atoms. The molecule has 3 unspecified atom stereocenters. The van der Waals surface area contributed by atoms with Crippen molar-refractivity contribution in [3.05, 3.63) is 106 Å². The van der Waals surface area contributed by atoms with E-state index in [9.17, 15) is 0 Å². The van der Waals surface area contributed by atoms with E-state index in [1.807, 2.05) is 0 Å². The van der Waals surface area contributed by atoms with Gasteiger partial charge in [-0.2, -0.15) is 0 Å². The van der Waals surface area contributed by atoms with Crippen molar-refractivity contribution in [2.24, 2.45) is 0 Å². The highest BCUT2D eigenvalue weighted by molar-refractivity contribution is 7.37. The normalized spacial score (nSPS) is 20.7. The first kappa shape index (κ1) is 19.9. The van der Waals surface area contributed by atoms with Crippen LogP contribution < -0.4 is 0 Å². The Kier molecular flexibility index (Phi) is 6.00. The van der Waals surface area contributed by atoms with Gasteiger partial charge in [0, 0.05) is 5.66 Å². The van der Waals surface area contributed by atoms with Crippen molar-refractivity contribution in [3.63, 3.8) is 0 Å². The smallest absolute Gasteiger partial charge is 0.0725 e. The Hall–Kier alpha value is -1.99. The third-order valence-corrected chi connectivity index (χ3v) is 7.79. The zero-order valence-corrected chi connectivity index (χ0v) is 18.5. The van der Waals surface area contributed by atoms with E-state index in [4.69, 9.17) is 9.47 Å². The molecular formula is C27H29O2P. The van der Waals surface area contributed by atoms with Gasteiger partial charge in [0.15, 0.2) is 0 Å². The van der Waals surface area contributed by atoms with Crippen LogP contribution in [-0.2, 0) is 41.9 Å². The van der Waals surface area contributed by atoms with Gasteiger partial charge in [0.1, 0.15) is 0 Å². The van der Waals surface area contributed by atoms with Crippen molar-refractivity contribution in [3.8, 4) is 0 Å². The molecule has 3 heteroatoms. The van der Waals surface area contributed by atoms with Gasteiger partial charge in [-0.3, -0.25) is 0 Å². The molecule has 0 N–H and O–H groups in total. The first-order chi connectivity index (χ1) is 14.8. The molecule has 0 radical (unpaired) electrons. The molecule has 0 spiro atoms. The van der Waals surface area contributed by atoms with Crippen molar-refractivity contribution in [1.29, 1.82) is 0 Å². The molecule has 0 saturated heterocycles. The highest BCUT2D eigenvalue weighted by Crippen LogP contribution is 2.45. The predicted octanol–water partition coefficient (Wildman–Crippen LogP) is 5.86. The van der Waals surface area contributed by atoms with Gasteiger partial charge in [-0.15, -0.1) is 8.58 Å². The van der Waals surface area contributed by atoms with Crippen LogP contribution in [0.1, 0.15) is 39.0 Å². The zero-order chi connectivity index (χ0) is 20.3. The molecule has 154 valence electrons. The van der Waals surface area contributed by atoms with E-state index in [0.29, 0.717) is 31.1 Å². The molecule has 5 rings (SSSR count). The van der Waals surface area contributed by atoms with Crippen LogP contribution >= 0.6 is 8.58 Å². The summed E-state index contributed by atoms with van der Waals surface area (Å²) >= 11 is 0.